The molecule has 1 aliphatic heterocycles. The topological polar surface area (TPSA) is 137 Å². The summed E-state index contributed by atoms with van der Waals surface area (Å²) < 4.78 is 10.5. The SMILES string of the molecule is O=C(O)CCSCCCO[C@H]1O[C@H](CO)[C@H](O)[C@H](O)[C@H]1O. The molecule has 8 nitrogen and oxygen atoms in total. The van der Waals surface area contributed by atoms with Crippen LogP contribution < -0.4 is 0 Å². The third-order valence-electron chi connectivity index (χ3n) is 3.02. The van der Waals surface area contributed by atoms with Crippen LogP contribution in [-0.2, 0) is 14.3 Å². The van der Waals surface area contributed by atoms with E-state index in [2.05, 4.69) is 0 Å². The molecule has 0 bridgehead atoms. The highest BCUT2D eigenvalue weighted by Gasteiger charge is 2.43. The minimum Gasteiger partial charge on any atom is -0.481 e. The van der Waals surface area contributed by atoms with E-state index in [9.17, 15) is 20.1 Å². The van der Waals surface area contributed by atoms with Gasteiger partial charge in [0.15, 0.2) is 6.29 Å². The Balaban J connectivity index is 2.20. The second-order valence-corrected chi connectivity index (χ2v) is 5.90. The highest BCUT2D eigenvalue weighted by Crippen LogP contribution is 2.22. The zero-order valence-corrected chi connectivity index (χ0v) is 12.3. The Hall–Kier alpha value is -0.420. The molecule has 0 aromatic carbocycles. The number of thioether (sulfide) groups is 1. The molecule has 1 rings (SSSR count). The van der Waals surface area contributed by atoms with Gasteiger partial charge in [0, 0.05) is 5.75 Å². The first-order valence-electron chi connectivity index (χ1n) is 6.69. The molecule has 1 saturated heterocycles. The number of hydrogen-bond acceptors (Lipinski definition) is 8. The fourth-order valence-electron chi connectivity index (χ4n) is 1.83. The van der Waals surface area contributed by atoms with Crippen LogP contribution in [0.3, 0.4) is 0 Å². The maximum atomic E-state index is 10.3. The van der Waals surface area contributed by atoms with Gasteiger partial charge in [-0.2, -0.15) is 11.8 Å². The largest absolute Gasteiger partial charge is 0.481 e. The van der Waals surface area contributed by atoms with Crippen molar-refractivity contribution in [2.45, 2.75) is 43.5 Å². The maximum Gasteiger partial charge on any atom is 0.304 e. The molecule has 1 heterocycles. The van der Waals surface area contributed by atoms with Gasteiger partial charge in [-0.15, -0.1) is 0 Å². The number of carbonyl (C=O) groups is 1. The van der Waals surface area contributed by atoms with Crippen molar-refractivity contribution in [1.82, 2.24) is 0 Å². The Morgan fingerprint density at radius 3 is 2.48 bits per heavy atom. The van der Waals surface area contributed by atoms with Gasteiger partial charge in [0.1, 0.15) is 24.4 Å². The summed E-state index contributed by atoms with van der Waals surface area (Å²) in [6.45, 7) is -0.237. The molecule has 1 fully saturated rings. The summed E-state index contributed by atoms with van der Waals surface area (Å²) in [4.78, 5) is 10.3. The predicted octanol–water partition coefficient (Wildman–Crippen LogP) is -1.60. The van der Waals surface area contributed by atoms with Gasteiger partial charge in [0.05, 0.1) is 19.6 Å². The lowest BCUT2D eigenvalue weighted by Crippen LogP contribution is -2.59. The number of ether oxygens (including phenoxy) is 2. The minimum atomic E-state index is -1.44. The average Bonchev–Trinajstić information content (AvgIpc) is 2.45. The maximum absolute atomic E-state index is 10.3. The van der Waals surface area contributed by atoms with E-state index in [4.69, 9.17) is 19.7 Å². The summed E-state index contributed by atoms with van der Waals surface area (Å²) in [7, 11) is 0. The third kappa shape index (κ3) is 6.07. The standard InChI is InChI=1S/C12H22O8S/c13-6-7-9(16)10(17)11(18)12(20-7)19-3-1-4-21-5-2-8(14)15/h7,9-13,16-18H,1-6H2,(H,14,15)/t7-,9+,10+,11-,12+/m1/s1. The van der Waals surface area contributed by atoms with Crippen LogP contribution in [0.5, 0.6) is 0 Å². The molecule has 0 amide bonds. The molecule has 0 spiro atoms. The lowest BCUT2D eigenvalue weighted by molar-refractivity contribution is -0.300. The summed E-state index contributed by atoms with van der Waals surface area (Å²) in [6.07, 6.45) is -5.56. The molecule has 124 valence electrons. The first-order valence-corrected chi connectivity index (χ1v) is 7.84. The van der Waals surface area contributed by atoms with Crippen molar-refractivity contribution in [3.05, 3.63) is 0 Å². The van der Waals surface area contributed by atoms with Crippen LogP contribution in [0.15, 0.2) is 0 Å². The van der Waals surface area contributed by atoms with Crippen molar-refractivity contribution in [3.8, 4) is 0 Å². The Labute approximate surface area is 126 Å². The van der Waals surface area contributed by atoms with Crippen LogP contribution in [0.25, 0.3) is 0 Å². The molecule has 5 N–H and O–H groups in total. The molecule has 0 saturated carbocycles. The molecule has 0 aromatic heterocycles. The van der Waals surface area contributed by atoms with Crippen LogP contribution in [0.1, 0.15) is 12.8 Å². The normalized spacial score (nSPS) is 33.0. The molecule has 0 aliphatic carbocycles. The summed E-state index contributed by atoms with van der Waals surface area (Å²) in [5.74, 6) is 0.389. The number of carboxylic acids is 1. The summed E-state index contributed by atoms with van der Waals surface area (Å²) >= 11 is 1.48. The molecular formula is C12H22O8S. The van der Waals surface area contributed by atoms with E-state index in [0.717, 1.165) is 0 Å². The molecule has 0 unspecified atom stereocenters. The van der Waals surface area contributed by atoms with Gasteiger partial charge in [0.2, 0.25) is 0 Å². The van der Waals surface area contributed by atoms with Crippen molar-refractivity contribution < 1.29 is 39.8 Å². The van der Waals surface area contributed by atoms with E-state index in [0.29, 0.717) is 17.9 Å². The molecule has 0 radical (unpaired) electrons. The van der Waals surface area contributed by atoms with E-state index in [-0.39, 0.29) is 13.0 Å². The summed E-state index contributed by atoms with van der Waals surface area (Å²) in [6, 6.07) is 0. The van der Waals surface area contributed by atoms with Crippen molar-refractivity contribution in [2.75, 3.05) is 24.7 Å². The second kappa shape index (κ2) is 9.57. The zero-order chi connectivity index (χ0) is 15.8. The van der Waals surface area contributed by atoms with E-state index in [1.54, 1.807) is 0 Å². The lowest BCUT2D eigenvalue weighted by Gasteiger charge is -2.39. The van der Waals surface area contributed by atoms with Crippen LogP contribution in [0, 0.1) is 0 Å². The number of carboxylic acid groups (broad SMARTS) is 1. The zero-order valence-electron chi connectivity index (χ0n) is 11.5. The van der Waals surface area contributed by atoms with Gasteiger partial charge in [-0.3, -0.25) is 4.79 Å². The predicted molar refractivity (Wildman–Crippen MR) is 73.9 cm³/mol. The molecular weight excluding hydrogens is 304 g/mol. The van der Waals surface area contributed by atoms with Crippen molar-refractivity contribution in [1.29, 1.82) is 0 Å². The number of aliphatic hydroxyl groups is 4. The van der Waals surface area contributed by atoms with Gasteiger partial charge in [-0.05, 0) is 12.2 Å². The Kier molecular flexibility index (Phi) is 8.49. The molecule has 1 aliphatic rings. The smallest absolute Gasteiger partial charge is 0.304 e. The monoisotopic (exact) mass is 326 g/mol. The first-order chi connectivity index (χ1) is 9.97. The summed E-state index contributed by atoms with van der Waals surface area (Å²) in [5.41, 5.74) is 0. The van der Waals surface area contributed by atoms with Crippen molar-refractivity contribution in [2.24, 2.45) is 0 Å². The van der Waals surface area contributed by atoms with E-state index < -0.39 is 43.3 Å². The van der Waals surface area contributed by atoms with Gasteiger partial charge in [-0.1, -0.05) is 0 Å². The van der Waals surface area contributed by atoms with Crippen LogP contribution in [0.2, 0.25) is 0 Å². The quantitative estimate of drug-likeness (QED) is 0.317. The lowest BCUT2D eigenvalue weighted by atomic mass is 9.99. The van der Waals surface area contributed by atoms with Crippen molar-refractivity contribution >= 4 is 17.7 Å². The van der Waals surface area contributed by atoms with Gasteiger partial charge in [-0.25, -0.2) is 0 Å². The van der Waals surface area contributed by atoms with Crippen molar-refractivity contribution in [3.63, 3.8) is 0 Å². The summed E-state index contributed by atoms with van der Waals surface area (Å²) in [5, 5.41) is 46.3. The molecule has 21 heavy (non-hydrogen) atoms. The molecule has 0 aromatic rings. The van der Waals surface area contributed by atoms with Crippen LogP contribution in [-0.4, -0.2) is 86.9 Å². The fraction of sp³-hybridized carbons (Fsp3) is 0.917. The Morgan fingerprint density at radius 1 is 1.14 bits per heavy atom. The van der Waals surface area contributed by atoms with Gasteiger partial charge in [0.25, 0.3) is 0 Å². The van der Waals surface area contributed by atoms with Gasteiger partial charge >= 0.3 is 5.97 Å². The number of rotatable bonds is 9. The van der Waals surface area contributed by atoms with Crippen LogP contribution in [0.4, 0.5) is 0 Å². The first kappa shape index (κ1) is 18.6. The van der Waals surface area contributed by atoms with Gasteiger partial charge < -0.3 is 35.0 Å². The Morgan fingerprint density at radius 2 is 1.86 bits per heavy atom. The number of aliphatic hydroxyl groups excluding tert-OH is 4. The van der Waals surface area contributed by atoms with E-state index in [1.807, 2.05) is 0 Å². The number of hydrogen-bond donors (Lipinski definition) is 5. The molecule has 5 atom stereocenters. The molecule has 9 heteroatoms. The van der Waals surface area contributed by atoms with Crippen LogP contribution >= 0.6 is 11.8 Å². The van der Waals surface area contributed by atoms with E-state index in [1.165, 1.54) is 11.8 Å². The third-order valence-corrected chi connectivity index (χ3v) is 4.09. The average molecular weight is 326 g/mol. The second-order valence-electron chi connectivity index (χ2n) is 4.68. The fourth-order valence-corrected chi connectivity index (χ4v) is 2.67. The Bertz CT molecular complexity index is 314. The minimum absolute atomic E-state index is 0.109. The number of aliphatic carboxylic acids is 1. The van der Waals surface area contributed by atoms with E-state index >= 15 is 0 Å². The highest BCUT2D eigenvalue weighted by atomic mass is 32.2. The highest BCUT2D eigenvalue weighted by molar-refractivity contribution is 7.99.